The van der Waals surface area contributed by atoms with Crippen molar-refractivity contribution < 1.29 is 9.90 Å². The second kappa shape index (κ2) is 6.73. The molecule has 1 aliphatic carbocycles. The third kappa shape index (κ3) is 2.91. The fraction of sp³-hybridized carbons (Fsp3) is 0.300. The van der Waals surface area contributed by atoms with Gasteiger partial charge in [0.2, 0.25) is 0 Å². The molecule has 9 heteroatoms. The maximum Gasteiger partial charge on any atom is 0.306 e. The van der Waals surface area contributed by atoms with E-state index in [0.717, 1.165) is 10.9 Å². The van der Waals surface area contributed by atoms with E-state index in [2.05, 4.69) is 15.1 Å². The average molecular weight is 412 g/mol. The van der Waals surface area contributed by atoms with E-state index < -0.39 is 5.97 Å². The molecule has 0 atom stereocenters. The van der Waals surface area contributed by atoms with Crippen LogP contribution in [-0.2, 0) is 4.79 Å². The summed E-state index contributed by atoms with van der Waals surface area (Å²) >= 11 is 6.29. The van der Waals surface area contributed by atoms with Crippen LogP contribution in [0.25, 0.3) is 27.8 Å². The number of nitrogens with one attached hydrogen (secondary N) is 2. The SMILES string of the molecule is O=C(O)C1CCC(c2nc(-c3cc4cccc(Cl)c4[nH]3)c3c(=O)[nH]cnn23)CC1. The van der Waals surface area contributed by atoms with Crippen molar-refractivity contribution in [2.24, 2.45) is 5.92 Å². The van der Waals surface area contributed by atoms with Crippen molar-refractivity contribution in [3.8, 4) is 11.4 Å². The lowest BCUT2D eigenvalue weighted by Crippen LogP contribution is -2.22. The van der Waals surface area contributed by atoms with Gasteiger partial charge in [-0.1, -0.05) is 23.7 Å². The molecule has 1 fully saturated rings. The Morgan fingerprint density at radius 2 is 2.03 bits per heavy atom. The number of H-pyrrole nitrogens is 2. The summed E-state index contributed by atoms with van der Waals surface area (Å²) in [5, 5.41) is 15.1. The Morgan fingerprint density at radius 3 is 2.76 bits per heavy atom. The van der Waals surface area contributed by atoms with Crippen LogP contribution in [0.15, 0.2) is 35.4 Å². The second-order valence-electron chi connectivity index (χ2n) is 7.47. The van der Waals surface area contributed by atoms with Crippen LogP contribution in [-0.4, -0.2) is 35.6 Å². The molecule has 0 amide bonds. The minimum absolute atomic E-state index is 0.0501. The zero-order valence-corrected chi connectivity index (χ0v) is 16.1. The number of imidazole rings is 1. The second-order valence-corrected chi connectivity index (χ2v) is 7.88. The lowest BCUT2D eigenvalue weighted by Gasteiger charge is -2.24. The Labute approximate surface area is 169 Å². The van der Waals surface area contributed by atoms with Crippen LogP contribution in [0, 0.1) is 5.92 Å². The Kier molecular flexibility index (Phi) is 4.16. The molecule has 4 aromatic rings. The highest BCUT2D eigenvalue weighted by molar-refractivity contribution is 6.35. The molecular weight excluding hydrogens is 394 g/mol. The number of aromatic amines is 2. The molecule has 0 radical (unpaired) electrons. The van der Waals surface area contributed by atoms with Gasteiger partial charge in [0.25, 0.3) is 5.56 Å². The molecule has 8 nitrogen and oxygen atoms in total. The van der Waals surface area contributed by atoms with Gasteiger partial charge in [0.1, 0.15) is 17.8 Å². The zero-order valence-electron chi connectivity index (χ0n) is 15.4. The number of benzene rings is 1. The molecule has 29 heavy (non-hydrogen) atoms. The summed E-state index contributed by atoms with van der Waals surface area (Å²) in [5.41, 5.74) is 2.08. The number of carboxylic acids is 1. The molecule has 0 unspecified atom stereocenters. The number of fused-ring (bicyclic) bond motifs is 2. The van der Waals surface area contributed by atoms with E-state index in [1.165, 1.54) is 6.33 Å². The summed E-state index contributed by atoms with van der Waals surface area (Å²) in [5.74, 6) is -0.324. The van der Waals surface area contributed by atoms with Gasteiger partial charge < -0.3 is 15.1 Å². The Bertz CT molecular complexity index is 1300. The molecule has 0 bridgehead atoms. The highest BCUT2D eigenvalue weighted by Crippen LogP contribution is 2.37. The van der Waals surface area contributed by atoms with Crippen molar-refractivity contribution in [3.63, 3.8) is 0 Å². The Morgan fingerprint density at radius 1 is 1.24 bits per heavy atom. The van der Waals surface area contributed by atoms with Gasteiger partial charge in [-0.05, 0) is 37.8 Å². The number of aliphatic carboxylic acids is 1. The van der Waals surface area contributed by atoms with Gasteiger partial charge in [-0.15, -0.1) is 0 Å². The van der Waals surface area contributed by atoms with E-state index in [-0.39, 0.29) is 17.4 Å². The van der Waals surface area contributed by atoms with Gasteiger partial charge in [-0.3, -0.25) is 9.59 Å². The molecule has 3 N–H and O–H groups in total. The van der Waals surface area contributed by atoms with E-state index in [9.17, 15) is 14.7 Å². The summed E-state index contributed by atoms with van der Waals surface area (Å²) in [6.07, 6.45) is 3.94. The largest absolute Gasteiger partial charge is 0.481 e. The quantitative estimate of drug-likeness (QED) is 0.476. The van der Waals surface area contributed by atoms with Crippen molar-refractivity contribution in [1.29, 1.82) is 0 Å². The molecule has 1 aromatic carbocycles. The molecule has 0 aliphatic heterocycles. The summed E-state index contributed by atoms with van der Waals surface area (Å²) in [6, 6.07) is 7.53. The zero-order chi connectivity index (χ0) is 20.1. The number of halogens is 1. The highest BCUT2D eigenvalue weighted by atomic mass is 35.5. The smallest absolute Gasteiger partial charge is 0.306 e. The van der Waals surface area contributed by atoms with E-state index in [1.54, 1.807) is 10.6 Å². The summed E-state index contributed by atoms with van der Waals surface area (Å²) in [4.78, 5) is 34.6. The normalized spacial score (nSPS) is 19.8. The van der Waals surface area contributed by atoms with E-state index in [1.807, 2.05) is 18.2 Å². The van der Waals surface area contributed by atoms with Crippen molar-refractivity contribution >= 4 is 34.0 Å². The number of nitrogens with zero attached hydrogens (tertiary/aromatic N) is 3. The van der Waals surface area contributed by atoms with Crippen LogP contribution in [0.4, 0.5) is 0 Å². The fourth-order valence-corrected chi connectivity index (χ4v) is 4.49. The van der Waals surface area contributed by atoms with Crippen LogP contribution >= 0.6 is 11.6 Å². The third-order valence-electron chi connectivity index (χ3n) is 5.77. The van der Waals surface area contributed by atoms with Crippen molar-refractivity contribution in [1.82, 2.24) is 24.6 Å². The molecule has 3 heterocycles. The number of para-hydroxylation sites is 1. The number of carbonyl (C=O) groups is 1. The maximum atomic E-state index is 12.6. The van der Waals surface area contributed by atoms with Gasteiger partial charge in [-0.25, -0.2) is 9.50 Å². The number of hydrogen-bond donors (Lipinski definition) is 3. The predicted octanol–water partition coefficient (Wildman–Crippen LogP) is 3.58. The summed E-state index contributed by atoms with van der Waals surface area (Å²) < 4.78 is 1.59. The standard InChI is InChI=1S/C20H18ClN5O3/c21-13-3-1-2-12-8-14(24-15(12)13)16-17-19(27)22-9-23-26(17)18(25-16)10-4-6-11(7-5-10)20(28)29/h1-3,8-11,24H,4-7H2,(H,28,29)(H,22,23,27). The summed E-state index contributed by atoms with van der Waals surface area (Å²) in [6.45, 7) is 0. The van der Waals surface area contributed by atoms with E-state index >= 15 is 0 Å². The molecule has 1 saturated carbocycles. The van der Waals surface area contributed by atoms with Gasteiger partial charge in [-0.2, -0.15) is 5.10 Å². The first kappa shape index (κ1) is 17.9. The monoisotopic (exact) mass is 411 g/mol. The minimum Gasteiger partial charge on any atom is -0.481 e. The maximum absolute atomic E-state index is 12.6. The minimum atomic E-state index is -0.748. The van der Waals surface area contributed by atoms with Crippen molar-refractivity contribution in [2.45, 2.75) is 31.6 Å². The predicted molar refractivity (Wildman–Crippen MR) is 108 cm³/mol. The first-order valence-corrected chi connectivity index (χ1v) is 9.87. The van der Waals surface area contributed by atoms with Gasteiger partial charge in [0, 0.05) is 11.3 Å². The van der Waals surface area contributed by atoms with Crippen LogP contribution < -0.4 is 5.56 Å². The first-order valence-electron chi connectivity index (χ1n) is 9.49. The topological polar surface area (TPSA) is 116 Å². The molecule has 0 saturated heterocycles. The van der Waals surface area contributed by atoms with Crippen LogP contribution in [0.5, 0.6) is 0 Å². The van der Waals surface area contributed by atoms with Gasteiger partial charge in [0.05, 0.1) is 22.2 Å². The molecular formula is C20H18ClN5O3. The number of aromatic nitrogens is 5. The molecule has 148 valence electrons. The lowest BCUT2D eigenvalue weighted by molar-refractivity contribution is -0.142. The Balaban J connectivity index is 1.64. The van der Waals surface area contributed by atoms with E-state index in [4.69, 9.17) is 16.6 Å². The number of carboxylic acid groups (broad SMARTS) is 1. The average Bonchev–Trinajstić information content (AvgIpc) is 3.31. The molecule has 0 spiro atoms. The number of hydrogen-bond acceptors (Lipinski definition) is 4. The molecule has 1 aliphatic rings. The van der Waals surface area contributed by atoms with Crippen molar-refractivity contribution in [3.05, 3.63) is 51.8 Å². The lowest BCUT2D eigenvalue weighted by atomic mass is 9.82. The Hall–Kier alpha value is -3.13. The van der Waals surface area contributed by atoms with Crippen LogP contribution in [0.1, 0.15) is 37.4 Å². The summed E-state index contributed by atoms with van der Waals surface area (Å²) in [7, 11) is 0. The third-order valence-corrected chi connectivity index (χ3v) is 6.08. The van der Waals surface area contributed by atoms with Gasteiger partial charge in [0.15, 0.2) is 5.52 Å². The van der Waals surface area contributed by atoms with Crippen LogP contribution in [0.2, 0.25) is 5.02 Å². The van der Waals surface area contributed by atoms with Crippen molar-refractivity contribution in [2.75, 3.05) is 0 Å². The molecule has 5 rings (SSSR count). The van der Waals surface area contributed by atoms with E-state index in [0.29, 0.717) is 53.4 Å². The highest BCUT2D eigenvalue weighted by Gasteiger charge is 2.31. The number of rotatable bonds is 3. The van der Waals surface area contributed by atoms with Gasteiger partial charge >= 0.3 is 5.97 Å². The van der Waals surface area contributed by atoms with Crippen LogP contribution in [0.3, 0.4) is 0 Å². The first-order chi connectivity index (χ1) is 14.0. The molecule has 3 aromatic heterocycles. The fourth-order valence-electron chi connectivity index (χ4n) is 4.26.